The first kappa shape index (κ1) is 24.3. The number of likely N-dealkylation sites (tertiary alicyclic amines) is 1. The third-order valence-corrected chi connectivity index (χ3v) is 6.29. The van der Waals surface area contributed by atoms with Gasteiger partial charge in [0.1, 0.15) is 11.6 Å². The van der Waals surface area contributed by atoms with E-state index in [1.165, 1.54) is 36.3 Å². The molecule has 0 aromatic heterocycles. The molecule has 1 saturated heterocycles. The molecule has 6 nitrogen and oxygen atoms in total. The van der Waals surface area contributed by atoms with Crippen molar-refractivity contribution in [3.63, 3.8) is 0 Å². The minimum atomic E-state index is -0.908. The summed E-state index contributed by atoms with van der Waals surface area (Å²) in [5.74, 6) is -1.33. The van der Waals surface area contributed by atoms with Gasteiger partial charge in [-0.1, -0.05) is 35.9 Å². The van der Waals surface area contributed by atoms with Crippen molar-refractivity contribution in [1.29, 1.82) is 0 Å². The molecule has 0 aliphatic carbocycles. The maximum Gasteiger partial charge on any atom is 0.295 e. The number of hydrogen-bond donors (Lipinski definition) is 1. The summed E-state index contributed by atoms with van der Waals surface area (Å²) in [6.45, 7) is 0.177. The molecule has 0 spiro atoms. The molecule has 1 aliphatic rings. The molecule has 3 aromatic carbocycles. The largest absolute Gasteiger partial charge is 0.507 e. The summed E-state index contributed by atoms with van der Waals surface area (Å²) in [5, 5.41) is 11.4. The summed E-state index contributed by atoms with van der Waals surface area (Å²) >= 11 is 6.46. The van der Waals surface area contributed by atoms with Crippen molar-refractivity contribution < 1.29 is 28.6 Å². The zero-order chi connectivity index (χ0) is 25.1. The highest BCUT2D eigenvalue weighted by Gasteiger charge is 2.46. The molecular weight excluding hydrogens is 473 g/mol. The van der Waals surface area contributed by atoms with Gasteiger partial charge in [0.05, 0.1) is 25.8 Å². The number of rotatable bonds is 7. The number of carbonyl (C=O) groups is 2. The number of halogens is 2. The predicted molar refractivity (Wildman–Crippen MR) is 130 cm³/mol. The number of methoxy groups -OCH3 is 2. The van der Waals surface area contributed by atoms with Gasteiger partial charge in [-0.15, -0.1) is 0 Å². The standard InChI is InChI=1S/C27H23ClFNO5/c1-34-21-12-7-16(15-22(21)35-2)13-14-30-24(19-5-3-4-6-20(19)28)23(26(32)27(30)33)25(31)17-8-10-18(29)11-9-17/h3-12,15,24,31H,13-14H2,1-2H3/t24-/m1/s1. The second-order valence-corrected chi connectivity index (χ2v) is 8.37. The fourth-order valence-corrected chi connectivity index (χ4v) is 4.42. The van der Waals surface area contributed by atoms with E-state index in [0.717, 1.165) is 5.56 Å². The van der Waals surface area contributed by atoms with E-state index in [4.69, 9.17) is 21.1 Å². The molecule has 180 valence electrons. The Hall–Kier alpha value is -3.84. The Morgan fingerprint density at radius 1 is 1.00 bits per heavy atom. The molecule has 1 N–H and O–H groups in total. The van der Waals surface area contributed by atoms with Crippen molar-refractivity contribution in [2.24, 2.45) is 0 Å². The van der Waals surface area contributed by atoms with Gasteiger partial charge >= 0.3 is 0 Å². The topological polar surface area (TPSA) is 76.1 Å². The lowest BCUT2D eigenvalue weighted by molar-refractivity contribution is -0.139. The van der Waals surface area contributed by atoms with Crippen LogP contribution < -0.4 is 9.47 Å². The Kier molecular flexibility index (Phi) is 7.07. The Morgan fingerprint density at radius 3 is 2.34 bits per heavy atom. The number of benzene rings is 3. The molecule has 1 fully saturated rings. The summed E-state index contributed by atoms with van der Waals surface area (Å²) in [5.41, 5.74) is 1.49. The molecule has 35 heavy (non-hydrogen) atoms. The van der Waals surface area contributed by atoms with E-state index < -0.39 is 23.5 Å². The van der Waals surface area contributed by atoms with E-state index in [9.17, 15) is 19.1 Å². The first-order chi connectivity index (χ1) is 16.8. The normalized spacial score (nSPS) is 17.0. The molecule has 0 unspecified atom stereocenters. The van der Waals surface area contributed by atoms with Crippen LogP contribution in [0.2, 0.25) is 5.02 Å². The molecular formula is C27H23ClFNO5. The van der Waals surface area contributed by atoms with Crippen LogP contribution >= 0.6 is 11.6 Å². The molecule has 0 saturated carbocycles. The van der Waals surface area contributed by atoms with Crippen molar-refractivity contribution in [2.75, 3.05) is 20.8 Å². The highest BCUT2D eigenvalue weighted by Crippen LogP contribution is 2.42. The number of Topliss-reactive ketones (excluding diaryl/α,β-unsaturated/α-hetero) is 1. The highest BCUT2D eigenvalue weighted by molar-refractivity contribution is 6.47. The van der Waals surface area contributed by atoms with Gasteiger partial charge in [0.25, 0.3) is 11.7 Å². The van der Waals surface area contributed by atoms with Crippen molar-refractivity contribution in [2.45, 2.75) is 12.5 Å². The number of amides is 1. The summed E-state index contributed by atoms with van der Waals surface area (Å²) in [6.07, 6.45) is 0.408. The summed E-state index contributed by atoms with van der Waals surface area (Å²) in [7, 11) is 3.08. The molecule has 1 heterocycles. The number of ketones is 1. The maximum atomic E-state index is 13.4. The molecule has 3 aromatic rings. The Morgan fingerprint density at radius 2 is 1.69 bits per heavy atom. The molecule has 0 radical (unpaired) electrons. The van der Waals surface area contributed by atoms with Crippen LogP contribution in [0.5, 0.6) is 11.5 Å². The second-order valence-electron chi connectivity index (χ2n) is 7.96. The van der Waals surface area contributed by atoms with E-state index >= 15 is 0 Å². The molecule has 4 rings (SSSR count). The Labute approximate surface area is 207 Å². The smallest absolute Gasteiger partial charge is 0.295 e. The lowest BCUT2D eigenvalue weighted by Gasteiger charge is -2.26. The second kappa shape index (κ2) is 10.2. The monoisotopic (exact) mass is 495 g/mol. The van der Waals surface area contributed by atoms with Crippen molar-refractivity contribution in [3.05, 3.63) is 99.8 Å². The third-order valence-electron chi connectivity index (χ3n) is 5.95. The van der Waals surface area contributed by atoms with Crippen LogP contribution in [-0.2, 0) is 16.0 Å². The zero-order valence-electron chi connectivity index (χ0n) is 19.1. The quantitative estimate of drug-likeness (QED) is 0.278. The minimum absolute atomic E-state index is 0.0954. The maximum absolute atomic E-state index is 13.4. The molecule has 1 atom stereocenters. The predicted octanol–water partition coefficient (Wildman–Crippen LogP) is 5.16. The lowest BCUT2D eigenvalue weighted by Crippen LogP contribution is -2.31. The van der Waals surface area contributed by atoms with Crippen LogP contribution in [0, 0.1) is 5.82 Å². The van der Waals surface area contributed by atoms with E-state index in [0.29, 0.717) is 28.5 Å². The fourth-order valence-electron chi connectivity index (χ4n) is 4.18. The van der Waals surface area contributed by atoms with Gasteiger partial charge in [-0.25, -0.2) is 4.39 Å². The number of nitrogens with zero attached hydrogens (tertiary/aromatic N) is 1. The summed E-state index contributed by atoms with van der Waals surface area (Å²) < 4.78 is 24.1. The molecule has 0 bridgehead atoms. The van der Waals surface area contributed by atoms with Crippen LogP contribution in [-0.4, -0.2) is 42.5 Å². The van der Waals surface area contributed by atoms with Gasteiger partial charge in [-0.2, -0.15) is 0 Å². The van der Waals surface area contributed by atoms with Gasteiger partial charge in [-0.3, -0.25) is 9.59 Å². The number of ether oxygens (including phenoxy) is 2. The number of aliphatic hydroxyl groups is 1. The van der Waals surface area contributed by atoms with Gasteiger partial charge in [-0.05, 0) is 60.0 Å². The van der Waals surface area contributed by atoms with Crippen molar-refractivity contribution in [3.8, 4) is 11.5 Å². The summed E-state index contributed by atoms with van der Waals surface area (Å²) in [4.78, 5) is 27.7. The van der Waals surface area contributed by atoms with Crippen molar-refractivity contribution >= 4 is 29.1 Å². The highest BCUT2D eigenvalue weighted by atomic mass is 35.5. The van der Waals surface area contributed by atoms with Gasteiger partial charge < -0.3 is 19.5 Å². The zero-order valence-corrected chi connectivity index (χ0v) is 19.9. The number of carbonyl (C=O) groups excluding carboxylic acids is 2. The average Bonchev–Trinajstić information content (AvgIpc) is 3.12. The van der Waals surface area contributed by atoms with Gasteiger partial charge in [0.2, 0.25) is 0 Å². The molecule has 8 heteroatoms. The lowest BCUT2D eigenvalue weighted by atomic mass is 9.95. The van der Waals surface area contributed by atoms with E-state index in [-0.39, 0.29) is 23.4 Å². The summed E-state index contributed by atoms with van der Waals surface area (Å²) in [6, 6.07) is 16.4. The number of hydrogen-bond acceptors (Lipinski definition) is 5. The van der Waals surface area contributed by atoms with Crippen LogP contribution in [0.25, 0.3) is 5.76 Å². The Balaban J connectivity index is 1.75. The molecule has 1 amide bonds. The van der Waals surface area contributed by atoms with Crippen LogP contribution in [0.1, 0.15) is 22.7 Å². The minimum Gasteiger partial charge on any atom is -0.507 e. The van der Waals surface area contributed by atoms with Gasteiger partial charge in [0, 0.05) is 17.1 Å². The van der Waals surface area contributed by atoms with Crippen LogP contribution in [0.3, 0.4) is 0 Å². The average molecular weight is 496 g/mol. The first-order valence-corrected chi connectivity index (χ1v) is 11.2. The van der Waals surface area contributed by atoms with Crippen molar-refractivity contribution in [1.82, 2.24) is 4.90 Å². The third kappa shape index (κ3) is 4.72. The van der Waals surface area contributed by atoms with E-state index in [1.54, 1.807) is 43.5 Å². The fraction of sp³-hybridized carbons (Fsp3) is 0.185. The van der Waals surface area contributed by atoms with E-state index in [1.807, 2.05) is 6.07 Å². The SMILES string of the molecule is COc1ccc(CCN2C(=O)C(=O)C(=C(O)c3ccc(F)cc3)[C@H]2c2ccccc2Cl)cc1OC. The first-order valence-electron chi connectivity index (χ1n) is 10.9. The van der Waals surface area contributed by atoms with Gasteiger partial charge in [0.15, 0.2) is 11.5 Å². The number of aliphatic hydroxyl groups excluding tert-OH is 1. The van der Waals surface area contributed by atoms with Crippen LogP contribution in [0.4, 0.5) is 4.39 Å². The molecule has 1 aliphatic heterocycles. The Bertz CT molecular complexity index is 1310. The van der Waals surface area contributed by atoms with E-state index in [2.05, 4.69) is 0 Å². The van der Waals surface area contributed by atoms with Crippen LogP contribution in [0.15, 0.2) is 72.3 Å².